The van der Waals surface area contributed by atoms with E-state index in [9.17, 15) is 69.1 Å². The second-order valence-corrected chi connectivity index (χ2v) is 34.1. The molecule has 113 heavy (non-hydrogen) atoms. The second kappa shape index (κ2) is 32.2. The molecule has 5 aromatic rings. The van der Waals surface area contributed by atoms with Crippen molar-refractivity contribution in [2.75, 3.05) is 111 Å². The van der Waals surface area contributed by atoms with E-state index in [1.165, 1.54) is 58.5 Å². The van der Waals surface area contributed by atoms with Gasteiger partial charge in [0.2, 0.25) is 17.8 Å². The van der Waals surface area contributed by atoms with Crippen LogP contribution in [0.25, 0.3) is 10.9 Å². The van der Waals surface area contributed by atoms with E-state index < -0.39 is 167 Å². The number of aromatic amines is 1. The number of hydrogen-bond donors (Lipinski definition) is 10. The van der Waals surface area contributed by atoms with E-state index in [0.717, 1.165) is 29.4 Å². The number of piperidine rings is 1. The third-order valence-electron chi connectivity index (χ3n) is 25.3. The quantitative estimate of drug-likeness (QED) is 0.00978. The SMILES string of the molecule is CC[C@]1(O)C[C@H]2C[N@](CCc3c([nH]c4ccccc34)[C@@](C(=O)OC)(c3cc4c(cc3OC)N(C=O)[C@H]3[C@@](O)(C(=O)OC)[C@H](OC(C)=O)[C@]5(CC)C=CCN6CC[C@]43[C@@H]65)C2)C1.COc1cccc2c1C(=O)c1c(O)c3c(c(O)c1C2=O)C[C@@](O)(C(=O)CO)C[C@@H]3O[C@H]1C[C@H](N)[C@H](O)[C@H](C)O1.O=P1(N(CCCl)CCCl)NCCCO1. The van der Waals surface area contributed by atoms with Crippen LogP contribution in [0.5, 0.6) is 23.0 Å². The van der Waals surface area contributed by atoms with Gasteiger partial charge in [-0.15, -0.1) is 23.2 Å². The number of nitrogens with two attached hydrogens (primary N) is 1. The lowest BCUT2D eigenvalue weighted by molar-refractivity contribution is -0.247. The molecule has 4 aromatic carbocycles. The molecule has 2 bridgehead atoms. The van der Waals surface area contributed by atoms with Crippen LogP contribution in [0.15, 0.2) is 66.7 Å². The molecular weight excluding hydrogens is 1530 g/mol. The average Bonchev–Trinajstić information content (AvgIpc) is 1.48. The monoisotopic (exact) mass is 1630 g/mol. The van der Waals surface area contributed by atoms with Crippen LogP contribution in [0.2, 0.25) is 0 Å². The number of fused-ring (bicyclic) bond motifs is 9. The molecule has 612 valence electrons. The normalized spacial score (nSPS) is 33.2. The number of alkyl halides is 2. The van der Waals surface area contributed by atoms with Crippen LogP contribution in [0.4, 0.5) is 5.69 Å². The van der Waals surface area contributed by atoms with Crippen LogP contribution in [0.3, 0.4) is 0 Å². The first kappa shape index (κ1) is 83.5. The summed E-state index contributed by atoms with van der Waals surface area (Å²) >= 11 is 11.2. The number of aliphatic hydroxyl groups is 5. The molecular formula is C80H100Cl2N7O23P. The predicted molar refractivity (Wildman–Crippen MR) is 412 cm³/mol. The topological polar surface area (TPSA) is 419 Å². The summed E-state index contributed by atoms with van der Waals surface area (Å²) < 4.78 is 59.9. The molecule has 1 amide bonds. The number of Topliss-reactive ketones (excluding diaryl/α,β-unsaturated/α-hetero) is 1. The molecule has 11 N–H and O–H groups in total. The number of carbonyl (C=O) groups excluding carboxylic acids is 7. The van der Waals surface area contributed by atoms with Gasteiger partial charge in [-0.05, 0) is 93.7 Å². The van der Waals surface area contributed by atoms with Crippen molar-refractivity contribution in [3.63, 3.8) is 0 Å². The van der Waals surface area contributed by atoms with Crippen LogP contribution in [0.1, 0.15) is 151 Å². The smallest absolute Gasteiger partial charge is 0.344 e. The highest BCUT2D eigenvalue weighted by Crippen LogP contribution is 2.69. The number of benzene rings is 4. The summed E-state index contributed by atoms with van der Waals surface area (Å²) in [5, 5.41) is 82.9. The summed E-state index contributed by atoms with van der Waals surface area (Å²) in [6.07, 6.45) is 1.60. The van der Waals surface area contributed by atoms with Gasteiger partial charge in [0.15, 0.2) is 24.0 Å². The van der Waals surface area contributed by atoms with E-state index in [2.05, 4.69) is 25.9 Å². The van der Waals surface area contributed by atoms with E-state index in [1.54, 1.807) is 17.7 Å². The highest BCUT2D eigenvalue weighted by Gasteiger charge is 2.81. The molecule has 30 nitrogen and oxygen atoms in total. The van der Waals surface area contributed by atoms with Gasteiger partial charge in [-0.25, -0.2) is 14.6 Å². The van der Waals surface area contributed by atoms with E-state index in [4.69, 9.17) is 66.6 Å². The first-order valence-electron chi connectivity index (χ1n) is 38.3. The van der Waals surface area contributed by atoms with Gasteiger partial charge in [-0.1, -0.05) is 56.3 Å². The third-order valence-corrected chi connectivity index (χ3v) is 27.9. The number of anilines is 1. The summed E-state index contributed by atoms with van der Waals surface area (Å²) in [6, 6.07) is 13.6. The molecule has 1 aromatic heterocycles. The lowest BCUT2D eigenvalue weighted by atomic mass is 9.47. The number of halogens is 2. The van der Waals surface area contributed by atoms with Crippen LogP contribution in [-0.4, -0.2) is 262 Å². The number of ketones is 3. The van der Waals surface area contributed by atoms with Crippen LogP contribution >= 0.6 is 30.9 Å². The lowest BCUT2D eigenvalue weighted by Gasteiger charge is -2.63. The number of rotatable bonds is 18. The number of ether oxygens (including phenoxy) is 7. The van der Waals surface area contributed by atoms with Crippen molar-refractivity contribution in [1.29, 1.82) is 0 Å². The fourth-order valence-electron chi connectivity index (χ4n) is 20.4. The number of amides is 1. The number of aromatic nitrogens is 1. The number of aromatic hydroxyl groups is 2. The number of phenols is 2. The van der Waals surface area contributed by atoms with Gasteiger partial charge >= 0.3 is 25.6 Å². The van der Waals surface area contributed by atoms with E-state index in [-0.39, 0.29) is 46.8 Å². The largest absolute Gasteiger partial charge is 0.507 e. The Kier molecular flexibility index (Phi) is 23.8. The van der Waals surface area contributed by atoms with Gasteiger partial charge in [0.1, 0.15) is 40.6 Å². The van der Waals surface area contributed by atoms with Gasteiger partial charge in [-0.3, -0.25) is 43.1 Å². The van der Waals surface area contributed by atoms with Crippen LogP contribution in [-0.2, 0) is 80.4 Å². The van der Waals surface area contributed by atoms with Gasteiger partial charge in [0, 0.05) is 152 Å². The van der Waals surface area contributed by atoms with Crippen molar-refractivity contribution in [1.82, 2.24) is 24.5 Å². The number of para-hydroxylation sites is 1. The molecule has 3 aliphatic carbocycles. The second-order valence-electron chi connectivity index (χ2n) is 31.2. The van der Waals surface area contributed by atoms with E-state index in [1.807, 2.05) is 50.3 Å². The summed E-state index contributed by atoms with van der Waals surface area (Å²) in [5.41, 5.74) is -0.777. The van der Waals surface area contributed by atoms with Gasteiger partial charge < -0.3 is 89.0 Å². The maximum absolute atomic E-state index is 15.3. The number of carbonyl (C=O) groups is 7. The molecule has 15 rings (SSSR count). The number of nitrogens with one attached hydrogen (secondary N) is 2. The molecule has 4 saturated heterocycles. The fourth-order valence-corrected chi connectivity index (χ4v) is 23.0. The Morgan fingerprint density at radius 1 is 0.858 bits per heavy atom. The third kappa shape index (κ3) is 13.6. The maximum Gasteiger partial charge on any atom is 0.344 e. The zero-order valence-electron chi connectivity index (χ0n) is 64.4. The predicted octanol–water partition coefficient (Wildman–Crippen LogP) is 5.40. The first-order valence-corrected chi connectivity index (χ1v) is 40.9. The fraction of sp³-hybridized carbons (Fsp3) is 0.562. The molecule has 33 heteroatoms. The molecule has 5 fully saturated rings. The molecule has 8 heterocycles. The molecule has 0 radical (unpaired) electrons. The first-order chi connectivity index (χ1) is 53.9. The Labute approximate surface area is 663 Å². The van der Waals surface area contributed by atoms with E-state index in [0.29, 0.717) is 131 Å². The minimum absolute atomic E-state index is 0.0173. The number of H-pyrrole nitrogens is 1. The van der Waals surface area contributed by atoms with E-state index >= 15 is 4.79 Å². The molecule has 1 spiro atoms. The number of aliphatic hydroxyl groups excluding tert-OH is 2. The molecule has 7 aliphatic heterocycles. The summed E-state index contributed by atoms with van der Waals surface area (Å²) in [7, 11) is 2.57. The standard InChI is InChI=1S/C46H56N4O10.C27H29NO11.C7H15Cl2N2O2P/c1-7-42(55)22-28-23-45(40(53)58-5,36-30(14-18-48(24-28)25-42)29-12-9-10-13-33(29)47-36)32-20-31-34(21-35(32)57-4)50(26-51)38-44(31)16-19-49-17-11-15-43(8-2,37(44)49)39(60-27(3)52)46(38,56)41(54)59-6;1-10-22(31)13(28)6-17(38-10)39-15-8-27(36,16(30)9-29)7-12-19(15)26(35)21-20(24(12)33)23(32)11-4-3-5-14(37-2)18(11)25(21)34;8-2-5-11(6-3-9)14(12)10-4-1-7-13-14/h9-13,15,20-21,26,28,37-39,47,55-56H,7-8,14,16-19,22-25H2,1-6H3;3-5,10,13,15,17,22,29,31,33,35-36H,6-9,28H2,1-2H3;1-7H2,(H,10,12)/t28-,37+,38-,39-,42+,43-,44-,45+,46+;10-,13-,15-,17-,22+,27-;/m10./s1. The Morgan fingerprint density at radius 2 is 1.58 bits per heavy atom. The number of hydrogen-bond acceptors (Lipinski definition) is 26. The maximum atomic E-state index is 15.3. The van der Waals surface area contributed by atoms with Crippen molar-refractivity contribution in [2.45, 2.75) is 168 Å². The minimum Gasteiger partial charge on any atom is -0.507 e. The zero-order chi connectivity index (χ0) is 81.4. The van der Waals surface area contributed by atoms with Crippen molar-refractivity contribution in [3.8, 4) is 23.0 Å². The van der Waals surface area contributed by atoms with Crippen LogP contribution < -0.4 is 25.2 Å². The van der Waals surface area contributed by atoms with Gasteiger partial charge in [-0.2, -0.15) is 0 Å². The van der Waals surface area contributed by atoms with Crippen LogP contribution in [0, 0.1) is 11.3 Å². The average molecular weight is 1630 g/mol. The summed E-state index contributed by atoms with van der Waals surface area (Å²) in [5.74, 6) is -4.99. The minimum atomic E-state index is -2.84. The Hall–Kier alpha value is -7.46. The number of nitrogens with zero attached hydrogens (tertiary/aromatic N) is 4. The van der Waals surface area contributed by atoms with Crippen molar-refractivity contribution < 1.29 is 112 Å². The molecule has 1 saturated carbocycles. The number of esters is 3. The molecule has 1 unspecified atom stereocenters. The Morgan fingerprint density at radius 3 is 2.21 bits per heavy atom. The Bertz CT molecular complexity index is 4640. The highest BCUT2D eigenvalue weighted by atomic mass is 35.5. The summed E-state index contributed by atoms with van der Waals surface area (Å²) in [6.45, 7) is 11.0. The Balaban J connectivity index is 0.000000179. The van der Waals surface area contributed by atoms with Crippen molar-refractivity contribution >= 4 is 89.1 Å². The summed E-state index contributed by atoms with van der Waals surface area (Å²) in [4.78, 5) is 106. The molecule has 10 aliphatic rings. The number of methoxy groups -OCH3 is 4. The zero-order valence-corrected chi connectivity index (χ0v) is 66.8. The number of phenolic OH excluding ortho intramolecular Hbond substituents is 2. The molecule has 17 atom stereocenters. The lowest BCUT2D eigenvalue weighted by Crippen LogP contribution is -2.81. The van der Waals surface area contributed by atoms with Crippen molar-refractivity contribution in [3.05, 3.63) is 123 Å². The van der Waals surface area contributed by atoms with Crippen molar-refractivity contribution in [2.24, 2.45) is 17.1 Å². The van der Waals surface area contributed by atoms with Gasteiger partial charge in [0.05, 0.1) is 87.4 Å². The van der Waals surface area contributed by atoms with Gasteiger partial charge in [0.25, 0.3) is 0 Å². The highest BCUT2D eigenvalue weighted by molar-refractivity contribution is 7.54.